The fraction of sp³-hybridized carbons (Fsp3) is 0.500. The summed E-state index contributed by atoms with van der Waals surface area (Å²) in [6, 6.07) is 11.8. The Labute approximate surface area is 280 Å². The van der Waals surface area contributed by atoms with Gasteiger partial charge >= 0.3 is 12.1 Å². The quantitative estimate of drug-likeness (QED) is 0.280. The summed E-state index contributed by atoms with van der Waals surface area (Å²) in [5, 5.41) is 11.2. The molecule has 4 atom stereocenters. The summed E-state index contributed by atoms with van der Waals surface area (Å²) in [6.07, 6.45) is -1.13. The summed E-state index contributed by atoms with van der Waals surface area (Å²) >= 11 is 0. The molecule has 0 aliphatic carbocycles. The molecule has 0 saturated carbocycles. The predicted octanol–water partition coefficient (Wildman–Crippen LogP) is 5.97. The zero-order valence-electron chi connectivity index (χ0n) is 28.9. The van der Waals surface area contributed by atoms with E-state index in [0.29, 0.717) is 12.4 Å². The number of rotatable bonds is 9. The fourth-order valence-corrected chi connectivity index (χ4v) is 5.99. The van der Waals surface area contributed by atoms with Crippen molar-refractivity contribution in [2.75, 3.05) is 19.6 Å². The Morgan fingerprint density at radius 2 is 1.71 bits per heavy atom. The summed E-state index contributed by atoms with van der Waals surface area (Å²) in [4.78, 5) is 46.9. The number of imidazole rings is 1. The number of nitrogens with zero attached hydrogens (tertiary/aromatic N) is 4. The fourth-order valence-electron chi connectivity index (χ4n) is 5.99. The van der Waals surface area contributed by atoms with Crippen LogP contribution in [0.15, 0.2) is 54.7 Å². The number of aromatic nitrogens is 2. The number of ether oxygens (including phenoxy) is 2. The SMILES string of the molecule is CC(=O)O[C@@H](C)C(=O)N(C[C@H]1CN(C(=O)OC(C)(C)C)C[C@@H]1O)[C@@H](c1nc(-c2cc(F)ccc2F)cn1Cc1ccccc1)C(C)(C)C. The molecule has 1 aromatic heterocycles. The zero-order chi connectivity index (χ0) is 35.6. The minimum Gasteiger partial charge on any atom is -0.453 e. The van der Waals surface area contributed by atoms with Gasteiger partial charge in [0.1, 0.15) is 23.1 Å². The maximum absolute atomic E-state index is 15.1. The first-order valence-corrected chi connectivity index (χ1v) is 16.0. The number of benzene rings is 2. The van der Waals surface area contributed by atoms with Crippen LogP contribution in [-0.2, 0) is 25.6 Å². The molecule has 3 aromatic rings. The molecule has 260 valence electrons. The number of carbonyl (C=O) groups is 3. The van der Waals surface area contributed by atoms with Gasteiger partial charge in [-0.3, -0.25) is 9.59 Å². The van der Waals surface area contributed by atoms with Gasteiger partial charge in [0, 0.05) is 44.2 Å². The molecule has 4 rings (SSSR count). The van der Waals surface area contributed by atoms with Crippen LogP contribution in [0.2, 0.25) is 0 Å². The topological polar surface area (TPSA) is 114 Å². The smallest absolute Gasteiger partial charge is 0.410 e. The van der Waals surface area contributed by atoms with Crippen molar-refractivity contribution in [2.24, 2.45) is 11.3 Å². The van der Waals surface area contributed by atoms with Crippen LogP contribution in [0.3, 0.4) is 0 Å². The van der Waals surface area contributed by atoms with Crippen LogP contribution < -0.4 is 0 Å². The van der Waals surface area contributed by atoms with Gasteiger partial charge in [-0.2, -0.15) is 0 Å². The second-order valence-corrected chi connectivity index (χ2v) is 14.4. The van der Waals surface area contributed by atoms with E-state index in [0.717, 1.165) is 23.8 Å². The van der Waals surface area contributed by atoms with Gasteiger partial charge in [0.25, 0.3) is 5.91 Å². The van der Waals surface area contributed by atoms with Crippen molar-refractivity contribution >= 4 is 18.0 Å². The molecule has 48 heavy (non-hydrogen) atoms. The van der Waals surface area contributed by atoms with Crippen molar-refractivity contribution in [1.82, 2.24) is 19.4 Å². The van der Waals surface area contributed by atoms with Crippen molar-refractivity contribution in [1.29, 1.82) is 0 Å². The summed E-state index contributed by atoms with van der Waals surface area (Å²) in [5.41, 5.74) is -0.434. The van der Waals surface area contributed by atoms with Gasteiger partial charge in [-0.15, -0.1) is 0 Å². The van der Waals surface area contributed by atoms with Crippen LogP contribution in [-0.4, -0.2) is 79.9 Å². The Morgan fingerprint density at radius 3 is 2.31 bits per heavy atom. The van der Waals surface area contributed by atoms with Gasteiger partial charge < -0.3 is 28.9 Å². The van der Waals surface area contributed by atoms with Gasteiger partial charge in [0.15, 0.2) is 6.10 Å². The molecule has 0 spiro atoms. The van der Waals surface area contributed by atoms with Crippen molar-refractivity contribution in [2.45, 2.75) is 85.8 Å². The summed E-state index contributed by atoms with van der Waals surface area (Å²) < 4.78 is 42.1. The maximum atomic E-state index is 15.1. The Kier molecular flexibility index (Phi) is 11.0. The second kappa shape index (κ2) is 14.4. The molecule has 1 saturated heterocycles. The number of hydrogen-bond donors (Lipinski definition) is 1. The molecule has 0 radical (unpaired) electrons. The molecule has 0 bridgehead atoms. The molecular weight excluding hydrogens is 622 g/mol. The van der Waals surface area contributed by atoms with E-state index in [2.05, 4.69) is 0 Å². The lowest BCUT2D eigenvalue weighted by atomic mass is 9.83. The summed E-state index contributed by atoms with van der Waals surface area (Å²) in [6.45, 7) is 14.1. The molecule has 1 fully saturated rings. The molecule has 12 heteroatoms. The number of β-amino-alcohol motifs (C(OH)–C–C–N with tert-alkyl or cyclic N) is 1. The van der Waals surface area contributed by atoms with Gasteiger partial charge in [-0.25, -0.2) is 18.6 Å². The first-order chi connectivity index (χ1) is 22.3. The summed E-state index contributed by atoms with van der Waals surface area (Å²) in [5.74, 6) is -2.68. The van der Waals surface area contributed by atoms with Crippen LogP contribution >= 0.6 is 0 Å². The van der Waals surface area contributed by atoms with E-state index in [1.165, 1.54) is 23.6 Å². The number of esters is 1. The van der Waals surface area contributed by atoms with Crippen LogP contribution in [0.25, 0.3) is 11.3 Å². The Morgan fingerprint density at radius 1 is 1.04 bits per heavy atom. The Balaban J connectivity index is 1.84. The molecule has 0 unspecified atom stereocenters. The molecular formula is C36H46F2N4O6. The van der Waals surface area contributed by atoms with E-state index in [9.17, 15) is 23.9 Å². The number of likely N-dealkylation sites (tertiary alicyclic amines) is 1. The highest BCUT2D eigenvalue weighted by Gasteiger charge is 2.44. The minimum absolute atomic E-state index is 0.00687. The van der Waals surface area contributed by atoms with Crippen LogP contribution in [0, 0.1) is 23.0 Å². The van der Waals surface area contributed by atoms with Gasteiger partial charge in [-0.1, -0.05) is 51.1 Å². The van der Waals surface area contributed by atoms with Crippen molar-refractivity contribution < 1.29 is 37.7 Å². The van der Waals surface area contributed by atoms with Crippen LogP contribution in [0.4, 0.5) is 13.6 Å². The third-order valence-electron chi connectivity index (χ3n) is 8.05. The van der Waals surface area contributed by atoms with Crippen molar-refractivity contribution in [3.8, 4) is 11.3 Å². The third-order valence-corrected chi connectivity index (χ3v) is 8.05. The minimum atomic E-state index is -1.19. The van der Waals surface area contributed by atoms with Crippen molar-refractivity contribution in [3.63, 3.8) is 0 Å². The predicted molar refractivity (Wildman–Crippen MR) is 176 cm³/mol. The van der Waals surface area contributed by atoms with Gasteiger partial charge in [0.2, 0.25) is 0 Å². The molecule has 2 amide bonds. The molecule has 1 aliphatic rings. The number of amides is 2. The van der Waals surface area contributed by atoms with Gasteiger partial charge in [-0.05, 0) is 56.9 Å². The normalized spacial score (nSPS) is 17.9. The highest BCUT2D eigenvalue weighted by atomic mass is 19.1. The molecule has 2 aromatic carbocycles. The molecule has 10 nitrogen and oxygen atoms in total. The molecule has 1 aliphatic heterocycles. The first kappa shape index (κ1) is 36.5. The van der Waals surface area contributed by atoms with E-state index in [-0.39, 0.29) is 30.9 Å². The first-order valence-electron chi connectivity index (χ1n) is 16.0. The number of hydrogen-bond acceptors (Lipinski definition) is 7. The highest BCUT2D eigenvalue weighted by Crippen LogP contribution is 2.41. The molecule has 2 heterocycles. The average Bonchev–Trinajstić information content (AvgIpc) is 3.55. The number of aliphatic hydroxyl groups is 1. The standard InChI is InChI=1S/C36H46F2N4O6/c1-22(47-23(2)43)33(45)42(19-25-18-41(21-30(25)44)34(46)48-36(6,7)8)31(35(3,4)5)32-39-29(27-16-26(37)14-15-28(27)38)20-40(32)17-24-12-10-9-11-13-24/h9-16,20,22,25,30-31,44H,17-19,21H2,1-8H3/t22-,25+,30-,31-/m0/s1. The number of carbonyl (C=O) groups excluding carboxylic acids is 3. The lowest BCUT2D eigenvalue weighted by Crippen LogP contribution is -2.50. The molecule has 1 N–H and O–H groups in total. The van der Waals surface area contributed by atoms with E-state index < -0.39 is 64.8 Å². The monoisotopic (exact) mass is 668 g/mol. The maximum Gasteiger partial charge on any atom is 0.410 e. The summed E-state index contributed by atoms with van der Waals surface area (Å²) in [7, 11) is 0. The van der Waals surface area contributed by atoms with Crippen LogP contribution in [0.1, 0.15) is 72.8 Å². The zero-order valence-corrected chi connectivity index (χ0v) is 28.9. The van der Waals surface area contributed by atoms with Gasteiger partial charge in [0.05, 0.1) is 24.4 Å². The number of halogens is 2. The Hall–Kier alpha value is -4.32. The van der Waals surface area contributed by atoms with Crippen molar-refractivity contribution in [3.05, 3.63) is 77.8 Å². The van der Waals surface area contributed by atoms with E-state index in [1.54, 1.807) is 31.5 Å². The third kappa shape index (κ3) is 8.97. The van der Waals surface area contributed by atoms with E-state index in [1.807, 2.05) is 51.1 Å². The number of aliphatic hydroxyl groups excluding tert-OH is 1. The second-order valence-electron chi connectivity index (χ2n) is 14.4. The van der Waals surface area contributed by atoms with E-state index in [4.69, 9.17) is 14.5 Å². The van der Waals surface area contributed by atoms with E-state index >= 15 is 4.39 Å². The highest BCUT2D eigenvalue weighted by molar-refractivity contribution is 5.83. The largest absolute Gasteiger partial charge is 0.453 e. The van der Waals surface area contributed by atoms with Crippen LogP contribution in [0.5, 0.6) is 0 Å². The lowest BCUT2D eigenvalue weighted by molar-refractivity contribution is -0.161. The average molecular weight is 669 g/mol. The lowest BCUT2D eigenvalue weighted by Gasteiger charge is -2.42. The Bertz CT molecular complexity index is 1610.